The minimum Gasteiger partial charge on any atom is -0.454 e. The molecule has 0 N–H and O–H groups in total. The SMILES string of the molecule is c1cc(-c2cccc3c2sc2c3ccc3sc4ccccc4c32)cc(N(c2ccc(-c3cccc4c3sc3ccccc34)cc2)c2cccc3c2oc2ccccc23)c1. The fourth-order valence-electron chi connectivity index (χ4n) is 9.20. The topological polar surface area (TPSA) is 16.4 Å². The molecule has 0 atom stereocenters. The highest BCUT2D eigenvalue weighted by Crippen LogP contribution is 2.49. The second-order valence-corrected chi connectivity index (χ2v) is 18.3. The maximum absolute atomic E-state index is 6.71. The summed E-state index contributed by atoms with van der Waals surface area (Å²) < 4.78 is 14.7. The first-order valence-electron chi connectivity index (χ1n) is 19.8. The summed E-state index contributed by atoms with van der Waals surface area (Å²) in [5.41, 5.74) is 9.78. The van der Waals surface area contributed by atoms with Crippen molar-refractivity contribution >= 4 is 134 Å². The van der Waals surface area contributed by atoms with Gasteiger partial charge >= 0.3 is 0 Å². The van der Waals surface area contributed by atoms with Crippen molar-refractivity contribution in [1.82, 2.24) is 0 Å². The van der Waals surface area contributed by atoms with E-state index in [0.717, 1.165) is 39.0 Å². The Hall–Kier alpha value is -6.76. The molecule has 5 heteroatoms. The first kappa shape index (κ1) is 33.2. The zero-order chi connectivity index (χ0) is 38.6. The second-order valence-electron chi connectivity index (χ2n) is 15.2. The monoisotopic (exact) mass is 805 g/mol. The van der Waals surface area contributed by atoms with Gasteiger partial charge in [-0.25, -0.2) is 0 Å². The molecule has 59 heavy (non-hydrogen) atoms. The summed E-state index contributed by atoms with van der Waals surface area (Å²) in [4.78, 5) is 2.37. The van der Waals surface area contributed by atoms with Gasteiger partial charge in [-0.2, -0.15) is 0 Å². The zero-order valence-electron chi connectivity index (χ0n) is 31.5. The molecular formula is C54H31NOS3. The molecule has 0 spiro atoms. The third-order valence-corrected chi connectivity index (χ3v) is 15.5. The average molecular weight is 806 g/mol. The van der Waals surface area contributed by atoms with E-state index in [1.165, 1.54) is 82.8 Å². The summed E-state index contributed by atoms with van der Waals surface area (Å²) in [6.45, 7) is 0. The van der Waals surface area contributed by atoms with E-state index >= 15 is 0 Å². The molecule has 0 bridgehead atoms. The van der Waals surface area contributed by atoms with Crippen molar-refractivity contribution in [2.45, 2.75) is 0 Å². The van der Waals surface area contributed by atoms with Gasteiger partial charge in [-0.1, -0.05) is 133 Å². The van der Waals surface area contributed by atoms with Crippen LogP contribution in [-0.4, -0.2) is 0 Å². The van der Waals surface area contributed by atoms with Gasteiger partial charge in [0.25, 0.3) is 0 Å². The van der Waals surface area contributed by atoms with Crippen LogP contribution in [0.25, 0.3) is 105 Å². The highest BCUT2D eigenvalue weighted by atomic mass is 32.1. The van der Waals surface area contributed by atoms with Crippen LogP contribution in [0, 0.1) is 0 Å². The van der Waals surface area contributed by atoms with Crippen LogP contribution in [0.1, 0.15) is 0 Å². The standard InChI is InChI=1S/C54H31NOS3/c1-4-22-46-38(13-1)40-18-10-21-45(51(40)56-46)55(34-27-25-32(26-28-34)36-16-8-19-41-39-14-2-5-23-47(39)58-52(36)41)35-12-7-11-33(31-35)37-17-9-20-42-43-29-30-49-50(54(43)59-53(37)42)44-15-3-6-24-48(44)57-49/h1-31H. The van der Waals surface area contributed by atoms with E-state index in [2.05, 4.69) is 187 Å². The van der Waals surface area contributed by atoms with E-state index in [1.807, 2.05) is 40.1 Å². The van der Waals surface area contributed by atoms with Gasteiger partial charge in [0, 0.05) is 82.7 Å². The lowest BCUT2D eigenvalue weighted by Crippen LogP contribution is -2.10. The molecule has 0 amide bonds. The highest BCUT2D eigenvalue weighted by molar-refractivity contribution is 7.30. The molecule has 4 heterocycles. The van der Waals surface area contributed by atoms with Gasteiger partial charge < -0.3 is 9.32 Å². The molecule has 0 aliphatic heterocycles. The minimum atomic E-state index is 0.872. The van der Waals surface area contributed by atoms with Crippen molar-refractivity contribution in [2.75, 3.05) is 4.90 Å². The Labute approximate surface area is 351 Å². The van der Waals surface area contributed by atoms with Crippen LogP contribution in [0.3, 0.4) is 0 Å². The van der Waals surface area contributed by atoms with Gasteiger partial charge in [0.05, 0.1) is 5.69 Å². The Balaban J connectivity index is 0.994. The van der Waals surface area contributed by atoms with Crippen LogP contribution >= 0.6 is 34.0 Å². The first-order chi connectivity index (χ1) is 29.2. The molecule has 0 unspecified atom stereocenters. The lowest BCUT2D eigenvalue weighted by atomic mass is 10.0. The Kier molecular flexibility index (Phi) is 7.25. The number of benzene rings is 9. The number of hydrogen-bond acceptors (Lipinski definition) is 5. The smallest absolute Gasteiger partial charge is 0.159 e. The maximum Gasteiger partial charge on any atom is 0.159 e. The first-order valence-corrected chi connectivity index (χ1v) is 22.3. The van der Waals surface area contributed by atoms with E-state index < -0.39 is 0 Å². The van der Waals surface area contributed by atoms with E-state index in [9.17, 15) is 0 Å². The summed E-state index contributed by atoms with van der Waals surface area (Å²) in [5.74, 6) is 0. The van der Waals surface area contributed by atoms with Crippen LogP contribution in [0.2, 0.25) is 0 Å². The number of para-hydroxylation sites is 2. The number of anilines is 3. The summed E-state index contributed by atoms with van der Waals surface area (Å²) >= 11 is 5.68. The average Bonchev–Trinajstić information content (AvgIpc) is 4.07. The molecule has 4 aromatic heterocycles. The molecule has 9 aromatic carbocycles. The largest absolute Gasteiger partial charge is 0.454 e. The zero-order valence-corrected chi connectivity index (χ0v) is 33.9. The van der Waals surface area contributed by atoms with Crippen molar-refractivity contribution in [3.05, 3.63) is 188 Å². The fraction of sp³-hybridized carbons (Fsp3) is 0. The van der Waals surface area contributed by atoms with Crippen LogP contribution < -0.4 is 4.90 Å². The molecular weight excluding hydrogens is 775 g/mol. The normalized spacial score (nSPS) is 12.1. The summed E-state index contributed by atoms with van der Waals surface area (Å²) in [6, 6.07) is 68.6. The molecule has 13 aromatic rings. The van der Waals surface area contributed by atoms with Gasteiger partial charge in [-0.15, -0.1) is 34.0 Å². The summed E-state index contributed by atoms with van der Waals surface area (Å²) in [7, 11) is 0. The molecule has 0 aliphatic rings. The van der Waals surface area contributed by atoms with Crippen LogP contribution in [-0.2, 0) is 0 Å². The molecule has 0 saturated heterocycles. The van der Waals surface area contributed by atoms with Gasteiger partial charge in [-0.05, 0) is 76.9 Å². The number of rotatable bonds is 5. The third-order valence-electron chi connectivity index (χ3n) is 11.9. The molecule has 276 valence electrons. The van der Waals surface area contributed by atoms with Gasteiger partial charge in [0.1, 0.15) is 5.58 Å². The Morgan fingerprint density at radius 3 is 1.83 bits per heavy atom. The van der Waals surface area contributed by atoms with E-state index in [4.69, 9.17) is 4.42 Å². The number of nitrogens with zero attached hydrogens (tertiary/aromatic N) is 1. The molecule has 0 radical (unpaired) electrons. The molecule has 13 rings (SSSR count). The lowest BCUT2D eigenvalue weighted by molar-refractivity contribution is 0.669. The maximum atomic E-state index is 6.71. The van der Waals surface area contributed by atoms with E-state index in [0.29, 0.717) is 0 Å². The Morgan fingerprint density at radius 2 is 0.983 bits per heavy atom. The Bertz CT molecular complexity index is 3810. The number of hydrogen-bond donors (Lipinski definition) is 0. The summed E-state index contributed by atoms with van der Waals surface area (Å²) in [5, 5.41) is 10.2. The van der Waals surface area contributed by atoms with Crippen LogP contribution in [0.15, 0.2) is 192 Å². The Morgan fingerprint density at radius 1 is 0.356 bits per heavy atom. The fourth-order valence-corrected chi connectivity index (χ4v) is 13.0. The van der Waals surface area contributed by atoms with Crippen LogP contribution in [0.4, 0.5) is 17.1 Å². The van der Waals surface area contributed by atoms with Gasteiger partial charge in [-0.3, -0.25) is 0 Å². The van der Waals surface area contributed by atoms with Crippen molar-refractivity contribution in [3.63, 3.8) is 0 Å². The lowest BCUT2D eigenvalue weighted by Gasteiger charge is -2.26. The van der Waals surface area contributed by atoms with Crippen molar-refractivity contribution in [2.24, 2.45) is 0 Å². The van der Waals surface area contributed by atoms with Crippen molar-refractivity contribution < 1.29 is 4.42 Å². The molecule has 2 nitrogen and oxygen atoms in total. The number of fused-ring (bicyclic) bond motifs is 13. The molecule has 0 fully saturated rings. The van der Waals surface area contributed by atoms with E-state index in [1.54, 1.807) is 0 Å². The highest BCUT2D eigenvalue weighted by Gasteiger charge is 2.22. The quantitative estimate of drug-likeness (QED) is 0.172. The molecule has 0 saturated carbocycles. The molecule has 0 aliphatic carbocycles. The predicted octanol–water partition coefficient (Wildman–Crippen LogP) is 17.5. The van der Waals surface area contributed by atoms with Crippen molar-refractivity contribution in [3.8, 4) is 22.3 Å². The van der Waals surface area contributed by atoms with E-state index in [-0.39, 0.29) is 0 Å². The third kappa shape index (κ3) is 5.02. The summed E-state index contributed by atoms with van der Waals surface area (Å²) in [6.07, 6.45) is 0. The second kappa shape index (κ2) is 12.9. The number of furan rings is 1. The van der Waals surface area contributed by atoms with Gasteiger partial charge in [0.2, 0.25) is 0 Å². The van der Waals surface area contributed by atoms with Crippen molar-refractivity contribution in [1.29, 1.82) is 0 Å². The minimum absolute atomic E-state index is 0.872. The number of thiophene rings is 3. The van der Waals surface area contributed by atoms with Crippen LogP contribution in [0.5, 0.6) is 0 Å². The predicted molar refractivity (Wildman–Crippen MR) is 258 cm³/mol. The van der Waals surface area contributed by atoms with Gasteiger partial charge in [0.15, 0.2) is 5.58 Å².